The number of methoxy groups -OCH3 is 1. The number of nitrogens with zero attached hydrogens (tertiary/aromatic N) is 2. The number of rotatable bonds is 7. The molecule has 0 spiro atoms. The largest absolute Gasteiger partial charge is 0.383 e. The SMILES string of the molecule is COCCNC(=O)c1cc(C(=O)NCc2ccc(F)c(C)c2)ncn1. The Balaban J connectivity index is 1.98. The van der Waals surface area contributed by atoms with Crippen LogP contribution < -0.4 is 10.6 Å². The molecule has 2 aromatic rings. The van der Waals surface area contributed by atoms with E-state index in [0.717, 1.165) is 11.9 Å². The van der Waals surface area contributed by atoms with E-state index < -0.39 is 11.8 Å². The Labute approximate surface area is 144 Å². The molecule has 0 radical (unpaired) electrons. The number of carbonyl (C=O) groups excluding carboxylic acids is 2. The summed E-state index contributed by atoms with van der Waals surface area (Å²) in [6.45, 7) is 2.59. The summed E-state index contributed by atoms with van der Waals surface area (Å²) < 4.78 is 18.1. The molecule has 8 heteroatoms. The highest BCUT2D eigenvalue weighted by Gasteiger charge is 2.13. The molecule has 25 heavy (non-hydrogen) atoms. The summed E-state index contributed by atoms with van der Waals surface area (Å²) in [4.78, 5) is 31.8. The van der Waals surface area contributed by atoms with Crippen LogP contribution in [0, 0.1) is 12.7 Å². The summed E-state index contributed by atoms with van der Waals surface area (Å²) in [7, 11) is 1.53. The average molecular weight is 346 g/mol. The Morgan fingerprint density at radius 1 is 1.12 bits per heavy atom. The van der Waals surface area contributed by atoms with Gasteiger partial charge in [0.25, 0.3) is 11.8 Å². The zero-order chi connectivity index (χ0) is 18.2. The van der Waals surface area contributed by atoms with Crippen LogP contribution in [-0.4, -0.2) is 42.0 Å². The number of hydrogen-bond acceptors (Lipinski definition) is 5. The molecule has 1 aromatic carbocycles. The van der Waals surface area contributed by atoms with Crippen molar-refractivity contribution < 1.29 is 18.7 Å². The van der Waals surface area contributed by atoms with Crippen molar-refractivity contribution in [1.29, 1.82) is 0 Å². The van der Waals surface area contributed by atoms with Crippen molar-refractivity contribution in [1.82, 2.24) is 20.6 Å². The smallest absolute Gasteiger partial charge is 0.270 e. The van der Waals surface area contributed by atoms with Gasteiger partial charge in [-0.25, -0.2) is 14.4 Å². The molecule has 0 aliphatic carbocycles. The first-order valence-electron chi connectivity index (χ1n) is 7.63. The fraction of sp³-hybridized carbons (Fsp3) is 0.294. The highest BCUT2D eigenvalue weighted by molar-refractivity contribution is 5.97. The zero-order valence-corrected chi connectivity index (χ0v) is 14.0. The maximum absolute atomic E-state index is 13.2. The molecule has 0 saturated heterocycles. The number of ether oxygens (including phenoxy) is 1. The highest BCUT2D eigenvalue weighted by Crippen LogP contribution is 2.09. The van der Waals surface area contributed by atoms with Crippen molar-refractivity contribution in [3.63, 3.8) is 0 Å². The molecule has 2 amide bonds. The van der Waals surface area contributed by atoms with Gasteiger partial charge in [-0.3, -0.25) is 9.59 Å². The van der Waals surface area contributed by atoms with Gasteiger partial charge in [0, 0.05) is 26.3 Å². The topological polar surface area (TPSA) is 93.2 Å². The first kappa shape index (κ1) is 18.5. The van der Waals surface area contributed by atoms with Crippen molar-refractivity contribution in [3.8, 4) is 0 Å². The Hall–Kier alpha value is -2.87. The van der Waals surface area contributed by atoms with Crippen molar-refractivity contribution in [2.75, 3.05) is 20.3 Å². The Bertz CT molecular complexity index is 767. The van der Waals surface area contributed by atoms with Gasteiger partial charge in [-0.05, 0) is 24.1 Å². The van der Waals surface area contributed by atoms with Crippen LogP contribution in [0.4, 0.5) is 4.39 Å². The second kappa shape index (κ2) is 8.84. The minimum absolute atomic E-state index is 0.0747. The van der Waals surface area contributed by atoms with Crippen LogP contribution in [0.5, 0.6) is 0 Å². The maximum Gasteiger partial charge on any atom is 0.270 e. The summed E-state index contributed by atoms with van der Waals surface area (Å²) in [6, 6.07) is 5.92. The average Bonchev–Trinajstić information content (AvgIpc) is 2.62. The van der Waals surface area contributed by atoms with E-state index in [1.54, 1.807) is 19.1 Å². The second-order valence-electron chi connectivity index (χ2n) is 5.30. The fourth-order valence-corrected chi connectivity index (χ4v) is 2.05. The number of carbonyl (C=O) groups is 2. The molecule has 0 aliphatic rings. The molecular formula is C17H19FN4O3. The molecule has 0 saturated carbocycles. The van der Waals surface area contributed by atoms with Crippen LogP contribution in [-0.2, 0) is 11.3 Å². The lowest BCUT2D eigenvalue weighted by Gasteiger charge is -2.07. The number of aryl methyl sites for hydroxylation is 1. The van der Waals surface area contributed by atoms with Crippen LogP contribution in [0.25, 0.3) is 0 Å². The third-order valence-corrected chi connectivity index (χ3v) is 3.40. The molecule has 1 aromatic heterocycles. The summed E-state index contributed by atoms with van der Waals surface area (Å²) in [6.07, 6.45) is 1.15. The van der Waals surface area contributed by atoms with Gasteiger partial charge >= 0.3 is 0 Å². The molecule has 7 nitrogen and oxygen atoms in total. The Morgan fingerprint density at radius 2 is 1.80 bits per heavy atom. The van der Waals surface area contributed by atoms with Gasteiger partial charge in [-0.1, -0.05) is 12.1 Å². The van der Waals surface area contributed by atoms with Gasteiger partial charge in [0.05, 0.1) is 6.61 Å². The third-order valence-electron chi connectivity index (χ3n) is 3.40. The minimum atomic E-state index is -0.449. The van der Waals surface area contributed by atoms with Crippen LogP contribution in [0.1, 0.15) is 32.1 Å². The lowest BCUT2D eigenvalue weighted by molar-refractivity contribution is 0.0931. The van der Waals surface area contributed by atoms with Gasteiger partial charge in [0.2, 0.25) is 0 Å². The minimum Gasteiger partial charge on any atom is -0.383 e. The van der Waals surface area contributed by atoms with Crippen molar-refractivity contribution in [2.45, 2.75) is 13.5 Å². The number of hydrogen-bond donors (Lipinski definition) is 2. The van der Waals surface area contributed by atoms with Gasteiger partial charge in [0.15, 0.2) is 0 Å². The number of amides is 2. The second-order valence-corrected chi connectivity index (χ2v) is 5.30. The highest BCUT2D eigenvalue weighted by atomic mass is 19.1. The van der Waals surface area contributed by atoms with Crippen molar-refractivity contribution in [2.24, 2.45) is 0 Å². The quantitative estimate of drug-likeness (QED) is 0.736. The predicted molar refractivity (Wildman–Crippen MR) is 88.5 cm³/mol. The van der Waals surface area contributed by atoms with E-state index in [2.05, 4.69) is 20.6 Å². The fourth-order valence-electron chi connectivity index (χ4n) is 2.05. The number of nitrogens with one attached hydrogen (secondary N) is 2. The lowest BCUT2D eigenvalue weighted by atomic mass is 10.1. The lowest BCUT2D eigenvalue weighted by Crippen LogP contribution is -2.29. The van der Waals surface area contributed by atoms with Crippen LogP contribution in [0.15, 0.2) is 30.6 Å². The number of aromatic nitrogens is 2. The van der Waals surface area contributed by atoms with E-state index >= 15 is 0 Å². The summed E-state index contributed by atoms with van der Waals surface area (Å²) >= 11 is 0. The zero-order valence-electron chi connectivity index (χ0n) is 14.0. The molecule has 0 fully saturated rings. The Morgan fingerprint density at radius 3 is 2.44 bits per heavy atom. The van der Waals surface area contributed by atoms with E-state index in [-0.39, 0.29) is 23.7 Å². The van der Waals surface area contributed by atoms with E-state index in [4.69, 9.17) is 4.74 Å². The summed E-state index contributed by atoms with van der Waals surface area (Å²) in [5, 5.41) is 5.29. The van der Waals surface area contributed by atoms with Gasteiger partial charge < -0.3 is 15.4 Å². The molecule has 0 bridgehead atoms. The molecule has 1 heterocycles. The first-order chi connectivity index (χ1) is 12.0. The van der Waals surface area contributed by atoms with E-state index in [1.165, 1.54) is 19.2 Å². The van der Waals surface area contributed by atoms with Gasteiger partial charge in [0.1, 0.15) is 23.5 Å². The molecular weight excluding hydrogens is 327 g/mol. The Kier molecular flexibility index (Phi) is 6.53. The van der Waals surface area contributed by atoms with E-state index in [9.17, 15) is 14.0 Å². The summed E-state index contributed by atoms with van der Waals surface area (Å²) in [5.74, 6) is -1.16. The predicted octanol–water partition coefficient (Wildman–Crippen LogP) is 1.23. The maximum atomic E-state index is 13.2. The molecule has 0 aliphatic heterocycles. The van der Waals surface area contributed by atoms with Crippen LogP contribution >= 0.6 is 0 Å². The van der Waals surface area contributed by atoms with Crippen molar-refractivity contribution >= 4 is 11.8 Å². The number of benzene rings is 1. The van der Waals surface area contributed by atoms with E-state index in [1.807, 2.05) is 0 Å². The summed E-state index contributed by atoms with van der Waals surface area (Å²) in [5.41, 5.74) is 1.43. The van der Waals surface area contributed by atoms with E-state index in [0.29, 0.717) is 18.7 Å². The molecule has 0 atom stereocenters. The van der Waals surface area contributed by atoms with Gasteiger partial charge in [-0.15, -0.1) is 0 Å². The molecule has 2 rings (SSSR count). The number of halogens is 1. The molecule has 132 valence electrons. The molecule has 2 N–H and O–H groups in total. The molecule has 0 unspecified atom stereocenters. The standard InChI is InChI=1S/C17H19FN4O3/c1-11-7-12(3-4-13(11)18)9-20-17(24)15-8-14(21-10-22-15)16(23)19-5-6-25-2/h3-4,7-8,10H,5-6,9H2,1-2H3,(H,19,23)(H,20,24). The van der Waals surface area contributed by atoms with Crippen LogP contribution in [0.3, 0.4) is 0 Å². The normalized spacial score (nSPS) is 10.4. The van der Waals surface area contributed by atoms with Gasteiger partial charge in [-0.2, -0.15) is 0 Å². The monoisotopic (exact) mass is 346 g/mol. The van der Waals surface area contributed by atoms with Crippen LogP contribution in [0.2, 0.25) is 0 Å². The first-order valence-corrected chi connectivity index (χ1v) is 7.63. The third kappa shape index (κ3) is 5.32. The van der Waals surface area contributed by atoms with Crippen molar-refractivity contribution in [3.05, 3.63) is 58.9 Å².